The van der Waals surface area contributed by atoms with Gasteiger partial charge in [-0.05, 0) is 57.8 Å². The predicted molar refractivity (Wildman–Crippen MR) is 89.4 cm³/mol. The largest absolute Gasteiger partial charge is 0.491 e. The van der Waals surface area contributed by atoms with E-state index in [0.717, 1.165) is 25.3 Å². The smallest absolute Gasteiger partial charge is 0.255 e. The third-order valence-electron chi connectivity index (χ3n) is 4.28. The molecule has 4 nitrogen and oxygen atoms in total. The molecule has 4 heteroatoms. The van der Waals surface area contributed by atoms with Crippen molar-refractivity contribution in [1.29, 1.82) is 0 Å². The number of rotatable bonds is 6. The number of amides is 1. The lowest BCUT2D eigenvalue weighted by atomic mass is 9.87. The van der Waals surface area contributed by atoms with Crippen LogP contribution < -0.4 is 10.1 Å². The Morgan fingerprint density at radius 2 is 1.91 bits per heavy atom. The molecule has 0 atom stereocenters. The van der Waals surface area contributed by atoms with Gasteiger partial charge in [-0.15, -0.1) is 0 Å². The van der Waals surface area contributed by atoms with Crippen molar-refractivity contribution in [2.75, 3.05) is 27.2 Å². The lowest BCUT2D eigenvalue weighted by Crippen LogP contribution is -2.37. The molecule has 22 heavy (non-hydrogen) atoms. The van der Waals surface area contributed by atoms with Gasteiger partial charge in [0.2, 0.25) is 0 Å². The maximum Gasteiger partial charge on any atom is 0.255 e. The Morgan fingerprint density at radius 3 is 2.59 bits per heavy atom. The second-order valence-electron chi connectivity index (χ2n) is 6.58. The molecule has 1 fully saturated rings. The van der Waals surface area contributed by atoms with Gasteiger partial charge >= 0.3 is 0 Å². The predicted octanol–water partition coefficient (Wildman–Crippen LogP) is 2.94. The highest BCUT2D eigenvalue weighted by Gasteiger charge is 2.21. The molecule has 1 amide bonds. The summed E-state index contributed by atoms with van der Waals surface area (Å²) >= 11 is 0. The van der Waals surface area contributed by atoms with Gasteiger partial charge in [0.05, 0.1) is 5.56 Å². The van der Waals surface area contributed by atoms with E-state index in [-0.39, 0.29) is 5.91 Å². The van der Waals surface area contributed by atoms with Crippen molar-refractivity contribution in [2.45, 2.75) is 38.6 Å². The van der Waals surface area contributed by atoms with Crippen LogP contribution in [0.5, 0.6) is 5.75 Å². The Kier molecular flexibility index (Phi) is 6.25. The minimum absolute atomic E-state index is 0.0139. The van der Waals surface area contributed by atoms with Crippen LogP contribution in [0.15, 0.2) is 24.3 Å². The topological polar surface area (TPSA) is 41.6 Å². The van der Waals surface area contributed by atoms with Crippen LogP contribution in [0.3, 0.4) is 0 Å². The van der Waals surface area contributed by atoms with E-state index in [1.54, 1.807) is 0 Å². The zero-order valence-corrected chi connectivity index (χ0v) is 14.0. The second kappa shape index (κ2) is 8.18. The van der Waals surface area contributed by atoms with E-state index in [2.05, 4.69) is 17.1 Å². The molecule has 0 spiro atoms. The average molecular weight is 304 g/mol. The monoisotopic (exact) mass is 304 g/mol. The number of carbonyl (C=O) groups is 1. The molecule has 0 aliphatic heterocycles. The van der Waals surface area contributed by atoms with Crippen LogP contribution >= 0.6 is 0 Å². The van der Waals surface area contributed by atoms with E-state index in [9.17, 15) is 4.79 Å². The normalized spacial score (nSPS) is 21.6. The fourth-order valence-electron chi connectivity index (χ4n) is 2.79. The van der Waals surface area contributed by atoms with Crippen molar-refractivity contribution in [3.63, 3.8) is 0 Å². The van der Waals surface area contributed by atoms with Crippen molar-refractivity contribution < 1.29 is 9.53 Å². The summed E-state index contributed by atoms with van der Waals surface area (Å²) in [4.78, 5) is 14.6. The average Bonchev–Trinajstić information content (AvgIpc) is 2.49. The Labute approximate surface area is 133 Å². The maximum absolute atomic E-state index is 12.5. The first kappa shape index (κ1) is 16.8. The van der Waals surface area contributed by atoms with Gasteiger partial charge in [-0.2, -0.15) is 0 Å². The third-order valence-corrected chi connectivity index (χ3v) is 4.28. The van der Waals surface area contributed by atoms with Crippen LogP contribution in [-0.4, -0.2) is 44.1 Å². The summed E-state index contributed by atoms with van der Waals surface area (Å²) in [5, 5.41) is 3.17. The molecular formula is C18H28N2O2. The fraction of sp³-hybridized carbons (Fsp3) is 0.611. The van der Waals surface area contributed by atoms with Crippen LogP contribution in [0.4, 0.5) is 0 Å². The number of nitrogens with one attached hydrogen (secondary N) is 1. The van der Waals surface area contributed by atoms with E-state index >= 15 is 0 Å². The minimum Gasteiger partial charge on any atom is -0.491 e. The number of benzene rings is 1. The van der Waals surface area contributed by atoms with Crippen LogP contribution in [0.1, 0.15) is 43.0 Å². The van der Waals surface area contributed by atoms with Gasteiger partial charge in [-0.3, -0.25) is 4.79 Å². The van der Waals surface area contributed by atoms with Crippen LogP contribution in [0.2, 0.25) is 0 Å². The molecule has 1 aromatic rings. The number of nitrogens with zero attached hydrogens (tertiary/aromatic N) is 1. The molecule has 0 heterocycles. The van der Waals surface area contributed by atoms with Gasteiger partial charge in [-0.25, -0.2) is 0 Å². The van der Waals surface area contributed by atoms with Crippen LogP contribution in [0, 0.1) is 5.92 Å². The highest BCUT2D eigenvalue weighted by Crippen LogP contribution is 2.24. The molecule has 1 aliphatic carbocycles. The van der Waals surface area contributed by atoms with Crippen molar-refractivity contribution >= 4 is 5.91 Å². The zero-order valence-electron chi connectivity index (χ0n) is 14.0. The van der Waals surface area contributed by atoms with Gasteiger partial charge in [0.25, 0.3) is 5.91 Å². The van der Waals surface area contributed by atoms with Gasteiger partial charge < -0.3 is 15.0 Å². The lowest BCUT2D eigenvalue weighted by molar-refractivity contribution is 0.0918. The summed E-state index contributed by atoms with van der Waals surface area (Å²) in [6.45, 7) is 3.70. The lowest BCUT2D eigenvalue weighted by Gasteiger charge is -2.27. The molecule has 0 saturated heterocycles. The first-order valence-corrected chi connectivity index (χ1v) is 8.23. The van der Waals surface area contributed by atoms with E-state index < -0.39 is 0 Å². The van der Waals surface area contributed by atoms with E-state index in [0.29, 0.717) is 24.0 Å². The van der Waals surface area contributed by atoms with Crippen molar-refractivity contribution in [3.05, 3.63) is 29.8 Å². The Balaban J connectivity index is 1.94. The van der Waals surface area contributed by atoms with Crippen LogP contribution in [-0.2, 0) is 0 Å². The quantitative estimate of drug-likeness (QED) is 0.878. The molecular weight excluding hydrogens is 276 g/mol. The van der Waals surface area contributed by atoms with E-state index in [4.69, 9.17) is 4.74 Å². The van der Waals surface area contributed by atoms with Crippen molar-refractivity contribution in [1.82, 2.24) is 10.2 Å². The molecule has 1 N–H and O–H groups in total. The SMILES string of the molecule is CC1CCC(NC(=O)c2ccccc2OCCN(C)C)CC1. The van der Waals surface area contributed by atoms with E-state index in [1.165, 1.54) is 12.8 Å². The molecule has 1 aromatic carbocycles. The zero-order chi connectivity index (χ0) is 15.9. The Hall–Kier alpha value is -1.55. The number of para-hydroxylation sites is 1. The summed E-state index contributed by atoms with van der Waals surface area (Å²) < 4.78 is 5.77. The van der Waals surface area contributed by atoms with Crippen LogP contribution in [0.25, 0.3) is 0 Å². The van der Waals surface area contributed by atoms with Crippen molar-refractivity contribution in [2.24, 2.45) is 5.92 Å². The third kappa shape index (κ3) is 5.02. The molecule has 0 unspecified atom stereocenters. The molecule has 122 valence electrons. The summed E-state index contributed by atoms with van der Waals surface area (Å²) in [5.41, 5.74) is 0.639. The standard InChI is InChI=1S/C18H28N2O2/c1-14-8-10-15(11-9-14)19-18(21)16-6-4-5-7-17(16)22-13-12-20(2)3/h4-7,14-15H,8-13H2,1-3H3,(H,19,21). The Bertz CT molecular complexity index is 480. The highest BCUT2D eigenvalue weighted by atomic mass is 16.5. The number of likely N-dealkylation sites (N-methyl/N-ethyl adjacent to an activating group) is 1. The Morgan fingerprint density at radius 1 is 1.23 bits per heavy atom. The van der Waals surface area contributed by atoms with Crippen molar-refractivity contribution in [3.8, 4) is 5.75 Å². The van der Waals surface area contributed by atoms with E-state index in [1.807, 2.05) is 38.4 Å². The van der Waals surface area contributed by atoms with Gasteiger partial charge in [0, 0.05) is 12.6 Å². The number of hydrogen-bond donors (Lipinski definition) is 1. The second-order valence-corrected chi connectivity index (χ2v) is 6.58. The molecule has 2 rings (SSSR count). The fourth-order valence-corrected chi connectivity index (χ4v) is 2.79. The molecule has 1 aliphatic rings. The molecule has 0 radical (unpaired) electrons. The minimum atomic E-state index is -0.0139. The highest BCUT2D eigenvalue weighted by molar-refractivity contribution is 5.97. The molecule has 0 bridgehead atoms. The first-order valence-electron chi connectivity index (χ1n) is 8.23. The summed E-state index contributed by atoms with van der Waals surface area (Å²) in [6.07, 6.45) is 4.56. The van der Waals surface area contributed by atoms with Gasteiger partial charge in [0.1, 0.15) is 12.4 Å². The maximum atomic E-state index is 12.5. The molecule has 0 aromatic heterocycles. The number of carbonyl (C=O) groups excluding carboxylic acids is 1. The van der Waals surface area contributed by atoms with Gasteiger partial charge in [-0.1, -0.05) is 19.1 Å². The number of ether oxygens (including phenoxy) is 1. The molecule has 1 saturated carbocycles. The first-order chi connectivity index (χ1) is 10.6. The summed E-state index contributed by atoms with van der Waals surface area (Å²) in [7, 11) is 4.01. The summed E-state index contributed by atoms with van der Waals surface area (Å²) in [6, 6.07) is 7.80. The number of hydrogen-bond acceptors (Lipinski definition) is 3. The summed E-state index contributed by atoms with van der Waals surface area (Å²) in [5.74, 6) is 1.45. The van der Waals surface area contributed by atoms with Gasteiger partial charge in [0.15, 0.2) is 0 Å².